The molecule has 1 unspecified atom stereocenters. The number of hydrogen-bond donors (Lipinski definition) is 0. The minimum absolute atomic E-state index is 0.359. The molecule has 0 aliphatic carbocycles. The van der Waals surface area contributed by atoms with Gasteiger partial charge in [0, 0.05) is 51.5 Å². The number of rotatable bonds is 4. The number of aromatic nitrogens is 4. The Hall–Kier alpha value is -2.67. The van der Waals surface area contributed by atoms with Gasteiger partial charge in [-0.15, -0.1) is 0 Å². The molecule has 3 heterocycles. The Labute approximate surface area is 163 Å². The van der Waals surface area contributed by atoms with Crippen molar-refractivity contribution in [3.8, 4) is 0 Å². The Bertz CT molecular complexity index is 962. The van der Waals surface area contributed by atoms with E-state index in [-0.39, 0.29) is 0 Å². The summed E-state index contributed by atoms with van der Waals surface area (Å²) < 4.78 is 0. The van der Waals surface area contributed by atoms with Gasteiger partial charge in [0.25, 0.3) is 0 Å². The standard InChI is InChI=1S/C19H22ClN7/c1-25(2)19-21-8-6-17(24-19)26(3)14-7-9-27(12-14)18-11-22-16-10-13(20)4-5-15(16)23-18/h4-6,8,10-11,14H,7,9,12H2,1-3H3. The largest absolute Gasteiger partial charge is 0.355 e. The zero-order valence-electron chi connectivity index (χ0n) is 15.7. The van der Waals surface area contributed by atoms with Crippen molar-refractivity contribution < 1.29 is 0 Å². The molecular formula is C19H22ClN7. The van der Waals surface area contributed by atoms with Crippen LogP contribution in [0.2, 0.25) is 5.02 Å². The van der Waals surface area contributed by atoms with Crippen LogP contribution in [0.1, 0.15) is 6.42 Å². The van der Waals surface area contributed by atoms with E-state index in [0.29, 0.717) is 17.0 Å². The fourth-order valence-corrected chi connectivity index (χ4v) is 3.50. The number of fused-ring (bicyclic) bond motifs is 1. The lowest BCUT2D eigenvalue weighted by Gasteiger charge is -2.26. The van der Waals surface area contributed by atoms with E-state index in [4.69, 9.17) is 16.6 Å². The average molecular weight is 384 g/mol. The third-order valence-electron chi connectivity index (χ3n) is 4.92. The lowest BCUT2D eigenvalue weighted by molar-refractivity contribution is 0.682. The van der Waals surface area contributed by atoms with Crippen LogP contribution in [-0.4, -0.2) is 60.2 Å². The van der Waals surface area contributed by atoms with Gasteiger partial charge in [-0.2, -0.15) is 4.98 Å². The Kier molecular flexibility index (Phi) is 4.70. The van der Waals surface area contributed by atoms with E-state index in [1.54, 1.807) is 6.20 Å². The van der Waals surface area contributed by atoms with Gasteiger partial charge in [0.05, 0.1) is 17.2 Å². The molecule has 8 heteroatoms. The summed E-state index contributed by atoms with van der Waals surface area (Å²) in [5.41, 5.74) is 1.68. The number of hydrogen-bond acceptors (Lipinski definition) is 7. The van der Waals surface area contributed by atoms with E-state index in [0.717, 1.165) is 42.2 Å². The van der Waals surface area contributed by atoms with E-state index >= 15 is 0 Å². The normalized spacial score (nSPS) is 16.7. The number of likely N-dealkylation sites (N-methyl/N-ethyl adjacent to an activating group) is 1. The lowest BCUT2D eigenvalue weighted by atomic mass is 10.2. The Morgan fingerprint density at radius 1 is 1.07 bits per heavy atom. The van der Waals surface area contributed by atoms with Crippen LogP contribution in [0.3, 0.4) is 0 Å². The molecule has 140 valence electrons. The van der Waals surface area contributed by atoms with Gasteiger partial charge in [0.2, 0.25) is 5.95 Å². The van der Waals surface area contributed by atoms with Crippen molar-refractivity contribution in [3.05, 3.63) is 41.7 Å². The average Bonchev–Trinajstić information content (AvgIpc) is 3.17. The second-order valence-electron chi connectivity index (χ2n) is 6.97. The van der Waals surface area contributed by atoms with Gasteiger partial charge in [0.15, 0.2) is 0 Å². The highest BCUT2D eigenvalue weighted by molar-refractivity contribution is 6.31. The van der Waals surface area contributed by atoms with Gasteiger partial charge in [0.1, 0.15) is 11.6 Å². The molecule has 7 nitrogen and oxygen atoms in total. The maximum Gasteiger partial charge on any atom is 0.226 e. The molecule has 0 bridgehead atoms. The maximum absolute atomic E-state index is 6.03. The minimum atomic E-state index is 0.359. The summed E-state index contributed by atoms with van der Waals surface area (Å²) in [6.45, 7) is 1.82. The molecule has 0 N–H and O–H groups in total. The molecule has 0 saturated carbocycles. The summed E-state index contributed by atoms with van der Waals surface area (Å²) >= 11 is 6.03. The molecule has 1 fully saturated rings. The number of anilines is 3. The van der Waals surface area contributed by atoms with Gasteiger partial charge in [-0.1, -0.05) is 11.6 Å². The van der Waals surface area contributed by atoms with Crippen LogP contribution in [0.4, 0.5) is 17.6 Å². The summed E-state index contributed by atoms with van der Waals surface area (Å²) in [4.78, 5) is 24.6. The summed E-state index contributed by atoms with van der Waals surface area (Å²) in [5.74, 6) is 2.55. The van der Waals surface area contributed by atoms with E-state index < -0.39 is 0 Å². The molecule has 27 heavy (non-hydrogen) atoms. The van der Waals surface area contributed by atoms with Crippen molar-refractivity contribution in [2.24, 2.45) is 0 Å². The van der Waals surface area contributed by atoms with Crippen LogP contribution in [0, 0.1) is 0 Å². The Balaban J connectivity index is 1.51. The highest BCUT2D eigenvalue weighted by Gasteiger charge is 2.28. The van der Waals surface area contributed by atoms with Gasteiger partial charge >= 0.3 is 0 Å². The molecule has 4 rings (SSSR count). The van der Waals surface area contributed by atoms with Crippen LogP contribution in [-0.2, 0) is 0 Å². The smallest absolute Gasteiger partial charge is 0.226 e. The molecule has 0 radical (unpaired) electrons. The van der Waals surface area contributed by atoms with Crippen molar-refractivity contribution in [2.75, 3.05) is 48.9 Å². The fourth-order valence-electron chi connectivity index (χ4n) is 3.33. The predicted octanol–water partition coefficient (Wildman–Crippen LogP) is 2.85. The molecule has 0 amide bonds. The van der Waals surface area contributed by atoms with Crippen molar-refractivity contribution in [1.29, 1.82) is 0 Å². The van der Waals surface area contributed by atoms with Gasteiger partial charge in [-0.05, 0) is 30.7 Å². The second kappa shape index (κ2) is 7.15. The lowest BCUT2D eigenvalue weighted by Crippen LogP contribution is -2.35. The number of nitrogens with zero attached hydrogens (tertiary/aromatic N) is 7. The zero-order chi connectivity index (χ0) is 19.0. The van der Waals surface area contributed by atoms with Crippen LogP contribution < -0.4 is 14.7 Å². The first-order valence-corrected chi connectivity index (χ1v) is 9.29. The summed E-state index contributed by atoms with van der Waals surface area (Å²) in [7, 11) is 5.98. The molecule has 3 aromatic rings. The molecular weight excluding hydrogens is 362 g/mol. The number of halogens is 1. The first-order chi connectivity index (χ1) is 13.0. The van der Waals surface area contributed by atoms with Gasteiger partial charge in [-0.3, -0.25) is 4.98 Å². The third kappa shape index (κ3) is 3.60. The number of benzene rings is 1. The van der Waals surface area contributed by atoms with Crippen molar-refractivity contribution in [2.45, 2.75) is 12.5 Å². The maximum atomic E-state index is 6.03. The first-order valence-electron chi connectivity index (χ1n) is 8.92. The Morgan fingerprint density at radius 2 is 1.93 bits per heavy atom. The highest BCUT2D eigenvalue weighted by atomic mass is 35.5. The second-order valence-corrected chi connectivity index (χ2v) is 7.41. The highest BCUT2D eigenvalue weighted by Crippen LogP contribution is 2.25. The van der Waals surface area contributed by atoms with Crippen molar-refractivity contribution in [3.63, 3.8) is 0 Å². The topological polar surface area (TPSA) is 61.3 Å². The van der Waals surface area contributed by atoms with Crippen LogP contribution in [0.25, 0.3) is 11.0 Å². The summed E-state index contributed by atoms with van der Waals surface area (Å²) in [6.07, 6.45) is 4.68. The van der Waals surface area contributed by atoms with Crippen LogP contribution in [0.15, 0.2) is 36.7 Å². The van der Waals surface area contributed by atoms with Crippen molar-refractivity contribution in [1.82, 2.24) is 19.9 Å². The fraction of sp³-hybridized carbons (Fsp3) is 0.368. The van der Waals surface area contributed by atoms with E-state index in [9.17, 15) is 0 Å². The summed E-state index contributed by atoms with van der Waals surface area (Å²) in [6, 6.07) is 7.91. The third-order valence-corrected chi connectivity index (χ3v) is 5.15. The molecule has 0 spiro atoms. The molecule has 2 aromatic heterocycles. The van der Waals surface area contributed by atoms with Crippen molar-refractivity contribution >= 4 is 40.2 Å². The quantitative estimate of drug-likeness (QED) is 0.686. The van der Waals surface area contributed by atoms with E-state index in [1.165, 1.54) is 0 Å². The van der Waals surface area contributed by atoms with E-state index in [1.807, 2.05) is 49.5 Å². The monoisotopic (exact) mass is 383 g/mol. The molecule has 1 aliphatic rings. The van der Waals surface area contributed by atoms with Crippen LogP contribution >= 0.6 is 11.6 Å². The minimum Gasteiger partial charge on any atom is -0.355 e. The predicted molar refractivity (Wildman–Crippen MR) is 110 cm³/mol. The first kappa shape index (κ1) is 17.7. The zero-order valence-corrected chi connectivity index (χ0v) is 16.4. The molecule has 1 saturated heterocycles. The van der Waals surface area contributed by atoms with Gasteiger partial charge < -0.3 is 14.7 Å². The Morgan fingerprint density at radius 3 is 2.74 bits per heavy atom. The molecule has 1 atom stereocenters. The van der Waals surface area contributed by atoms with E-state index in [2.05, 4.69) is 31.8 Å². The molecule has 1 aliphatic heterocycles. The van der Waals surface area contributed by atoms with Gasteiger partial charge in [-0.25, -0.2) is 9.97 Å². The molecule has 1 aromatic carbocycles. The SMILES string of the molecule is CN(C)c1nccc(N(C)C2CCN(c3cnc4cc(Cl)ccc4n3)C2)n1. The van der Waals surface area contributed by atoms with Crippen LogP contribution in [0.5, 0.6) is 0 Å². The summed E-state index contributed by atoms with van der Waals surface area (Å²) in [5, 5.41) is 0.675.